The molecule has 0 aromatic heterocycles. The van der Waals surface area contributed by atoms with Crippen molar-refractivity contribution in [2.24, 2.45) is 0 Å². The zero-order valence-electron chi connectivity index (χ0n) is 19.9. The number of nitrogens with one attached hydrogen (secondary N) is 2. The van der Waals surface area contributed by atoms with Crippen molar-refractivity contribution in [1.82, 2.24) is 5.32 Å². The highest BCUT2D eigenvalue weighted by Crippen LogP contribution is 2.35. The molecule has 0 aliphatic carbocycles. The third-order valence-electron chi connectivity index (χ3n) is 5.30. The zero-order chi connectivity index (χ0) is 28.3. The van der Waals surface area contributed by atoms with Gasteiger partial charge in [-0.2, -0.15) is 0 Å². The number of ether oxygens (including phenoxy) is 2. The Morgan fingerprint density at radius 1 is 1.03 bits per heavy atom. The largest absolute Gasteiger partial charge is 0.493 e. The number of amides is 5. The Morgan fingerprint density at radius 3 is 2.41 bits per heavy atom. The van der Waals surface area contributed by atoms with Crippen molar-refractivity contribution in [3.05, 3.63) is 84.4 Å². The van der Waals surface area contributed by atoms with Crippen LogP contribution in [-0.4, -0.2) is 37.5 Å². The van der Waals surface area contributed by atoms with Gasteiger partial charge in [0.05, 0.1) is 26.4 Å². The summed E-state index contributed by atoms with van der Waals surface area (Å²) in [4.78, 5) is 51.3. The molecule has 1 heterocycles. The average Bonchev–Trinajstić information content (AvgIpc) is 2.89. The molecule has 0 atom stereocenters. The minimum atomic E-state index is -0.923. The molecule has 13 heteroatoms. The highest BCUT2D eigenvalue weighted by Gasteiger charge is 2.37. The lowest BCUT2D eigenvalue weighted by Crippen LogP contribution is -2.54. The van der Waals surface area contributed by atoms with Crippen LogP contribution in [0.1, 0.15) is 5.56 Å². The molecule has 0 radical (unpaired) electrons. The van der Waals surface area contributed by atoms with Crippen LogP contribution < -0.4 is 25.0 Å². The van der Waals surface area contributed by atoms with Gasteiger partial charge in [0.15, 0.2) is 18.1 Å². The van der Waals surface area contributed by atoms with Crippen LogP contribution >= 0.6 is 57.4 Å². The molecule has 2 N–H and O–H groups in total. The highest BCUT2D eigenvalue weighted by molar-refractivity contribution is 14.1. The number of carbonyl (C=O) groups excluding carboxylic acids is 4. The van der Waals surface area contributed by atoms with Crippen LogP contribution in [0.5, 0.6) is 11.5 Å². The smallest absolute Gasteiger partial charge is 0.335 e. The number of imide groups is 2. The zero-order valence-corrected chi connectivity index (χ0v) is 24.3. The van der Waals surface area contributed by atoms with E-state index >= 15 is 0 Å². The van der Waals surface area contributed by atoms with E-state index in [1.807, 2.05) is 22.6 Å². The molecule has 200 valence electrons. The molecule has 1 fully saturated rings. The quantitative estimate of drug-likeness (QED) is 0.179. The van der Waals surface area contributed by atoms with Crippen LogP contribution in [0.15, 0.2) is 60.2 Å². The first-order valence-corrected chi connectivity index (χ1v) is 13.2. The summed E-state index contributed by atoms with van der Waals surface area (Å²) >= 11 is 19.8. The standard InChI is InChI=1S/C26H17Cl3IN3O6/c1-38-21-10-13(9-20(30)23(21)39-12-22(34)31-15-4-2-14(27)3-5-15)8-17-24(35)32-26(37)33(25(17)36)16-6-7-18(28)19(29)11-16/h2-11H,12H2,1H3,(H,31,34)(H,32,35,37)/b17-8+. The van der Waals surface area contributed by atoms with Gasteiger partial charge in [0, 0.05) is 10.7 Å². The SMILES string of the molecule is COc1cc(/C=C2\C(=O)NC(=O)N(c3ccc(Cl)c(Cl)c3)C2=O)cc(I)c1OCC(=O)Nc1ccc(Cl)cc1. The minimum absolute atomic E-state index is 0.133. The molecule has 3 aromatic carbocycles. The van der Waals surface area contributed by atoms with Gasteiger partial charge >= 0.3 is 6.03 Å². The summed E-state index contributed by atoms with van der Waals surface area (Å²) in [5.41, 5.74) is 0.809. The van der Waals surface area contributed by atoms with Gasteiger partial charge in [-0.15, -0.1) is 0 Å². The Bertz CT molecular complexity index is 1530. The maximum atomic E-state index is 13.2. The van der Waals surface area contributed by atoms with Crippen molar-refractivity contribution >= 4 is 98.6 Å². The van der Waals surface area contributed by atoms with E-state index in [0.29, 0.717) is 25.6 Å². The van der Waals surface area contributed by atoms with Crippen molar-refractivity contribution < 1.29 is 28.7 Å². The molecule has 4 rings (SSSR count). The Labute approximate surface area is 251 Å². The summed E-state index contributed by atoms with van der Waals surface area (Å²) in [7, 11) is 1.41. The number of hydrogen-bond acceptors (Lipinski definition) is 6. The Hall–Kier alpha value is -3.32. The number of methoxy groups -OCH3 is 1. The molecule has 9 nitrogen and oxygen atoms in total. The average molecular weight is 701 g/mol. The summed E-state index contributed by atoms with van der Waals surface area (Å²) < 4.78 is 11.7. The molecule has 5 amide bonds. The van der Waals surface area contributed by atoms with Crippen molar-refractivity contribution in [3.63, 3.8) is 0 Å². The van der Waals surface area contributed by atoms with Gasteiger partial charge in [-0.1, -0.05) is 34.8 Å². The minimum Gasteiger partial charge on any atom is -0.493 e. The second kappa shape index (κ2) is 12.2. The first-order valence-electron chi connectivity index (χ1n) is 11.0. The third kappa shape index (κ3) is 6.64. The third-order valence-corrected chi connectivity index (χ3v) is 7.09. The summed E-state index contributed by atoms with van der Waals surface area (Å²) in [6.45, 7) is -0.308. The fourth-order valence-electron chi connectivity index (χ4n) is 3.51. The summed E-state index contributed by atoms with van der Waals surface area (Å²) in [5.74, 6) is -1.57. The normalized spacial score (nSPS) is 14.3. The second-order valence-electron chi connectivity index (χ2n) is 7.93. The maximum Gasteiger partial charge on any atom is 0.335 e. The summed E-state index contributed by atoms with van der Waals surface area (Å²) in [5, 5.41) is 5.75. The Morgan fingerprint density at radius 2 is 1.74 bits per heavy atom. The van der Waals surface area contributed by atoms with Gasteiger partial charge < -0.3 is 14.8 Å². The number of nitrogens with zero attached hydrogens (tertiary/aromatic N) is 1. The number of rotatable bonds is 7. The number of anilines is 2. The number of barbiturate groups is 1. The molecule has 0 bridgehead atoms. The van der Waals surface area contributed by atoms with Crippen LogP contribution in [0.25, 0.3) is 6.08 Å². The highest BCUT2D eigenvalue weighted by atomic mass is 127. The fourth-order valence-corrected chi connectivity index (χ4v) is 4.71. The predicted molar refractivity (Wildman–Crippen MR) is 157 cm³/mol. The Kier molecular flexibility index (Phi) is 9.01. The molecular formula is C26H17Cl3IN3O6. The van der Waals surface area contributed by atoms with Crippen LogP contribution in [0.3, 0.4) is 0 Å². The predicted octanol–water partition coefficient (Wildman–Crippen LogP) is 5.94. The van der Waals surface area contributed by atoms with Crippen molar-refractivity contribution in [3.8, 4) is 11.5 Å². The van der Waals surface area contributed by atoms with Crippen molar-refractivity contribution in [2.75, 3.05) is 23.9 Å². The van der Waals surface area contributed by atoms with Crippen LogP contribution in [0, 0.1) is 3.57 Å². The number of halogens is 4. The van der Waals surface area contributed by atoms with E-state index in [1.165, 1.54) is 37.5 Å². The van der Waals surface area contributed by atoms with Gasteiger partial charge in [0.1, 0.15) is 5.57 Å². The Balaban J connectivity index is 1.56. The van der Waals surface area contributed by atoms with Crippen molar-refractivity contribution in [1.29, 1.82) is 0 Å². The number of hydrogen-bond donors (Lipinski definition) is 2. The molecule has 3 aromatic rings. The second-order valence-corrected chi connectivity index (χ2v) is 10.3. The fraction of sp³-hybridized carbons (Fsp3) is 0.0769. The number of carbonyl (C=O) groups is 4. The first kappa shape index (κ1) is 28.7. The molecule has 0 saturated carbocycles. The lowest BCUT2D eigenvalue weighted by atomic mass is 10.1. The van der Waals surface area contributed by atoms with Crippen LogP contribution in [0.2, 0.25) is 15.1 Å². The van der Waals surface area contributed by atoms with Gasteiger partial charge in [-0.25, -0.2) is 9.69 Å². The molecular weight excluding hydrogens is 684 g/mol. The van der Waals surface area contributed by atoms with E-state index in [-0.39, 0.29) is 33.7 Å². The van der Waals surface area contributed by atoms with E-state index in [0.717, 1.165) is 4.90 Å². The van der Waals surface area contributed by atoms with E-state index in [4.69, 9.17) is 44.3 Å². The molecule has 39 heavy (non-hydrogen) atoms. The first-order chi connectivity index (χ1) is 18.6. The van der Waals surface area contributed by atoms with Crippen LogP contribution in [0.4, 0.5) is 16.2 Å². The number of benzene rings is 3. The van der Waals surface area contributed by atoms with E-state index in [2.05, 4.69) is 10.6 Å². The van der Waals surface area contributed by atoms with Crippen LogP contribution in [-0.2, 0) is 14.4 Å². The van der Waals surface area contributed by atoms with Gasteiger partial charge in [0.2, 0.25) is 0 Å². The molecule has 1 saturated heterocycles. The molecule has 1 aliphatic rings. The molecule has 0 spiro atoms. The summed E-state index contributed by atoms with van der Waals surface area (Å²) in [6, 6.07) is 13.1. The van der Waals surface area contributed by atoms with E-state index in [1.54, 1.807) is 30.3 Å². The lowest BCUT2D eigenvalue weighted by molar-refractivity contribution is -0.122. The molecule has 1 aliphatic heterocycles. The van der Waals surface area contributed by atoms with Gasteiger partial charge in [0.25, 0.3) is 17.7 Å². The molecule has 0 unspecified atom stereocenters. The number of urea groups is 1. The summed E-state index contributed by atoms with van der Waals surface area (Å²) in [6.07, 6.45) is 1.32. The maximum absolute atomic E-state index is 13.2. The van der Waals surface area contributed by atoms with Gasteiger partial charge in [-0.05, 0) is 88.8 Å². The lowest BCUT2D eigenvalue weighted by Gasteiger charge is -2.26. The van der Waals surface area contributed by atoms with Crippen molar-refractivity contribution in [2.45, 2.75) is 0 Å². The topological polar surface area (TPSA) is 114 Å². The van der Waals surface area contributed by atoms with E-state index < -0.39 is 23.8 Å². The van der Waals surface area contributed by atoms with Gasteiger partial charge in [-0.3, -0.25) is 19.7 Å². The monoisotopic (exact) mass is 699 g/mol. The van der Waals surface area contributed by atoms with E-state index in [9.17, 15) is 19.2 Å².